The van der Waals surface area contributed by atoms with E-state index in [1.54, 1.807) is 0 Å². The number of halogens is 1. The maximum Gasteiger partial charge on any atom is 0.107 e. The smallest absolute Gasteiger partial charge is 0.107 e. The Labute approximate surface area is 225 Å². The van der Waals surface area contributed by atoms with E-state index in [0.717, 1.165) is 66.8 Å². The van der Waals surface area contributed by atoms with E-state index in [1.807, 2.05) is 25.3 Å². The first-order chi connectivity index (χ1) is 17.8. The molecular weight excluding hydrogens is 484 g/mol. The molecule has 5 fully saturated rings. The zero-order valence-corrected chi connectivity index (χ0v) is 23.1. The van der Waals surface area contributed by atoms with Crippen molar-refractivity contribution < 1.29 is 14.9 Å². The molecule has 1 aromatic carbocycles. The summed E-state index contributed by atoms with van der Waals surface area (Å²) in [6.45, 7) is 2.49. The third-order valence-corrected chi connectivity index (χ3v) is 12.8. The van der Waals surface area contributed by atoms with Crippen molar-refractivity contribution in [3.05, 3.63) is 29.0 Å². The predicted molar refractivity (Wildman–Crippen MR) is 145 cm³/mol. The number of H-pyrrole nitrogens is 1. The number of nitrogens with one attached hydrogen (secondary N) is 1. The van der Waals surface area contributed by atoms with Crippen LogP contribution in [0.2, 0.25) is 5.02 Å². The summed E-state index contributed by atoms with van der Waals surface area (Å²) in [6.07, 6.45) is 11.9. The number of aliphatic hydroxyl groups is 2. The molecule has 5 aliphatic rings. The molecule has 37 heavy (non-hydrogen) atoms. The first-order valence-electron chi connectivity index (χ1n) is 14.9. The summed E-state index contributed by atoms with van der Waals surface area (Å²) in [5.74, 6) is 4.37. The second-order valence-electron chi connectivity index (χ2n) is 13.7. The Kier molecular flexibility index (Phi) is 6.01. The fourth-order valence-electron chi connectivity index (χ4n) is 11.0. The van der Waals surface area contributed by atoms with Crippen LogP contribution < -0.4 is 0 Å². The molecule has 0 saturated heterocycles. The summed E-state index contributed by atoms with van der Waals surface area (Å²) >= 11 is 6.18. The van der Waals surface area contributed by atoms with Gasteiger partial charge >= 0.3 is 0 Å². The molecule has 1 spiro atoms. The molecular formula is C31H43ClN2O3. The number of aromatic amines is 1. The van der Waals surface area contributed by atoms with Crippen LogP contribution in [0.1, 0.15) is 77.0 Å². The fraction of sp³-hybridized carbons (Fsp3) is 0.774. The second-order valence-corrected chi connectivity index (χ2v) is 14.1. The average molecular weight is 527 g/mol. The topological polar surface area (TPSA) is 78.4 Å². The van der Waals surface area contributed by atoms with Gasteiger partial charge in [-0.25, -0.2) is 4.98 Å². The number of aromatic nitrogens is 2. The molecule has 0 radical (unpaired) electrons. The number of nitrogens with zero attached hydrogens (tertiary/aromatic N) is 1. The van der Waals surface area contributed by atoms with Crippen LogP contribution in [0.5, 0.6) is 0 Å². The number of hydrogen-bond acceptors (Lipinski definition) is 4. The lowest BCUT2D eigenvalue weighted by Crippen LogP contribution is -2.62. The highest BCUT2D eigenvalue weighted by Crippen LogP contribution is 2.72. The van der Waals surface area contributed by atoms with Gasteiger partial charge in [-0.05, 0) is 123 Å². The van der Waals surface area contributed by atoms with Crippen molar-refractivity contribution in [3.63, 3.8) is 0 Å². The van der Waals surface area contributed by atoms with Gasteiger partial charge in [-0.1, -0.05) is 18.5 Å². The lowest BCUT2D eigenvalue weighted by molar-refractivity contribution is -0.211. The van der Waals surface area contributed by atoms with E-state index < -0.39 is 0 Å². The summed E-state index contributed by atoms with van der Waals surface area (Å²) in [7, 11) is 1.95. The number of benzene rings is 1. The third kappa shape index (κ3) is 3.63. The third-order valence-electron chi connectivity index (χ3n) is 12.5. The van der Waals surface area contributed by atoms with Crippen LogP contribution in [0.4, 0.5) is 0 Å². The van der Waals surface area contributed by atoms with Gasteiger partial charge in [-0.15, -0.1) is 0 Å². The van der Waals surface area contributed by atoms with Crippen molar-refractivity contribution in [1.29, 1.82) is 0 Å². The van der Waals surface area contributed by atoms with E-state index in [-0.39, 0.29) is 23.0 Å². The van der Waals surface area contributed by atoms with E-state index in [9.17, 15) is 10.2 Å². The number of ether oxygens (including phenoxy) is 1. The molecule has 0 amide bonds. The van der Waals surface area contributed by atoms with Crippen molar-refractivity contribution in [2.24, 2.45) is 46.3 Å². The van der Waals surface area contributed by atoms with Gasteiger partial charge in [-0.3, -0.25) is 0 Å². The number of imidazole rings is 1. The average Bonchev–Trinajstić information content (AvgIpc) is 3.55. The highest BCUT2D eigenvalue weighted by molar-refractivity contribution is 6.31. The number of hydrogen-bond donors (Lipinski definition) is 3. The molecule has 3 N–H and O–H groups in total. The maximum absolute atomic E-state index is 11.6. The lowest BCUT2D eigenvalue weighted by Gasteiger charge is -2.64. The molecule has 202 valence electrons. The van der Waals surface area contributed by atoms with Crippen LogP contribution in [0, 0.1) is 46.3 Å². The van der Waals surface area contributed by atoms with Crippen LogP contribution in [0.3, 0.4) is 0 Å². The first kappa shape index (κ1) is 24.9. The van der Waals surface area contributed by atoms with Crippen LogP contribution in [0.25, 0.3) is 11.0 Å². The highest BCUT2D eigenvalue weighted by Gasteiger charge is 2.69. The Morgan fingerprint density at radius 2 is 1.89 bits per heavy atom. The number of methoxy groups -OCH3 is 1. The monoisotopic (exact) mass is 526 g/mol. The largest absolute Gasteiger partial charge is 0.393 e. The van der Waals surface area contributed by atoms with Gasteiger partial charge in [0.1, 0.15) is 5.82 Å². The molecule has 0 bridgehead atoms. The standard InChI is InChI=1S/C31H43ClN2O3/c1-30-11-10-20(35)13-18(30)14-26(36)29-22-6-5-21-17(9-12-31(21,22)27(37-2)16-23(29)30)3-8-28-33-24-7-4-19(32)15-25(24)34-28/h4,7,15,17-18,20-23,26-27,29,35-36H,3,5-6,8-14,16H2,1-2H3,(H,33,34)/t17?,18-,20+,21+,22-,23-,26+,27-,29-,30-,31+/m0/s1. The fourth-order valence-corrected chi connectivity index (χ4v) is 11.2. The van der Waals surface area contributed by atoms with Crippen molar-refractivity contribution in [2.45, 2.75) is 95.9 Å². The Morgan fingerprint density at radius 1 is 1.05 bits per heavy atom. The van der Waals surface area contributed by atoms with Gasteiger partial charge in [0, 0.05) is 24.0 Å². The zero-order chi connectivity index (χ0) is 25.5. The van der Waals surface area contributed by atoms with Crippen LogP contribution in [-0.2, 0) is 11.2 Å². The molecule has 1 heterocycles. The predicted octanol–water partition coefficient (Wildman–Crippen LogP) is 6.15. The molecule has 1 unspecified atom stereocenters. The van der Waals surface area contributed by atoms with Crippen LogP contribution in [0.15, 0.2) is 18.2 Å². The van der Waals surface area contributed by atoms with Crippen molar-refractivity contribution in [1.82, 2.24) is 9.97 Å². The Bertz CT molecular complexity index is 1170. The maximum atomic E-state index is 11.6. The number of fused-ring (bicyclic) bond motifs is 5. The van der Waals surface area contributed by atoms with E-state index in [1.165, 1.54) is 25.7 Å². The molecule has 2 aromatic rings. The minimum atomic E-state index is -0.228. The summed E-state index contributed by atoms with van der Waals surface area (Å²) in [5, 5.41) is 22.8. The SMILES string of the molecule is CO[C@H]1C[C@H]2[C@@H]([C@H](O)C[C@@H]3C[C@H](O)CC[C@@]32C)[C@@H]2CC[C@@H]3C(CCc4nc5ccc(Cl)cc5[nH]4)CC[C@@]132. The van der Waals surface area contributed by atoms with Crippen molar-refractivity contribution in [3.8, 4) is 0 Å². The Balaban J connectivity index is 1.13. The summed E-state index contributed by atoms with van der Waals surface area (Å²) in [4.78, 5) is 8.34. The lowest BCUT2D eigenvalue weighted by atomic mass is 9.43. The number of rotatable bonds is 4. The van der Waals surface area contributed by atoms with E-state index in [2.05, 4.69) is 11.9 Å². The van der Waals surface area contributed by atoms with E-state index in [4.69, 9.17) is 21.3 Å². The molecule has 5 saturated carbocycles. The molecule has 5 nitrogen and oxygen atoms in total. The molecule has 6 heteroatoms. The minimum Gasteiger partial charge on any atom is -0.393 e. The van der Waals surface area contributed by atoms with Crippen LogP contribution in [-0.4, -0.2) is 45.6 Å². The number of aliphatic hydroxyl groups excluding tert-OH is 2. The molecule has 1 aromatic heterocycles. The van der Waals surface area contributed by atoms with Crippen molar-refractivity contribution >= 4 is 22.6 Å². The Hall–Kier alpha value is -1.14. The molecule has 11 atom stereocenters. The summed E-state index contributed by atoms with van der Waals surface area (Å²) in [6, 6.07) is 5.88. The van der Waals surface area contributed by atoms with E-state index >= 15 is 0 Å². The van der Waals surface area contributed by atoms with Gasteiger partial charge in [0.05, 0.1) is 29.3 Å². The van der Waals surface area contributed by atoms with E-state index in [0.29, 0.717) is 41.6 Å². The minimum absolute atomic E-state index is 0.190. The molecule has 5 aliphatic carbocycles. The summed E-state index contributed by atoms with van der Waals surface area (Å²) < 4.78 is 6.44. The zero-order valence-electron chi connectivity index (χ0n) is 22.3. The van der Waals surface area contributed by atoms with Crippen LogP contribution >= 0.6 is 11.6 Å². The summed E-state index contributed by atoms with van der Waals surface area (Å²) in [5.41, 5.74) is 2.47. The highest BCUT2D eigenvalue weighted by atomic mass is 35.5. The second kappa shape index (κ2) is 8.94. The normalized spacial score (nSPS) is 46.9. The Morgan fingerprint density at radius 3 is 2.73 bits per heavy atom. The van der Waals surface area contributed by atoms with Gasteiger partial charge < -0.3 is 19.9 Å². The molecule has 7 rings (SSSR count). The van der Waals surface area contributed by atoms with Gasteiger partial charge in [-0.2, -0.15) is 0 Å². The molecule has 0 aliphatic heterocycles. The van der Waals surface area contributed by atoms with Crippen molar-refractivity contribution in [2.75, 3.05) is 7.11 Å². The number of aryl methyl sites for hydroxylation is 1. The quantitative estimate of drug-likeness (QED) is 0.446. The first-order valence-corrected chi connectivity index (χ1v) is 15.2. The van der Waals surface area contributed by atoms with Gasteiger partial charge in [0.15, 0.2) is 0 Å². The van der Waals surface area contributed by atoms with Gasteiger partial charge in [0.2, 0.25) is 0 Å². The van der Waals surface area contributed by atoms with Gasteiger partial charge in [0.25, 0.3) is 0 Å².